The molecule has 0 bridgehead atoms. The molecule has 0 aromatic heterocycles. The summed E-state index contributed by atoms with van der Waals surface area (Å²) in [6, 6.07) is 11.4. The lowest BCUT2D eigenvalue weighted by atomic mass is 10.1. The summed E-state index contributed by atoms with van der Waals surface area (Å²) in [5, 5.41) is 0. The molecule has 2 amide bonds. The molecule has 0 N–H and O–H groups in total. The highest BCUT2D eigenvalue weighted by Gasteiger charge is 2.38. The fourth-order valence-electron chi connectivity index (χ4n) is 3.98. The number of carbonyl (C=O) groups is 2. The van der Waals surface area contributed by atoms with Crippen molar-refractivity contribution in [2.24, 2.45) is 5.92 Å². The molecule has 1 saturated heterocycles. The van der Waals surface area contributed by atoms with Crippen molar-refractivity contribution in [3.63, 3.8) is 0 Å². The Bertz CT molecular complexity index is 974. The summed E-state index contributed by atoms with van der Waals surface area (Å²) >= 11 is 0. The maximum absolute atomic E-state index is 13.2. The second-order valence-electron chi connectivity index (χ2n) is 7.62. The topological polar surface area (TPSA) is 68.3 Å². The zero-order valence-corrected chi connectivity index (χ0v) is 17.5. The monoisotopic (exact) mass is 410 g/mol. The maximum atomic E-state index is 13.2. The van der Waals surface area contributed by atoms with Crippen LogP contribution in [0.4, 0.5) is 5.69 Å². The third kappa shape index (κ3) is 3.79. The summed E-state index contributed by atoms with van der Waals surface area (Å²) in [7, 11) is 1.58. The van der Waals surface area contributed by atoms with Crippen LogP contribution in [0.5, 0.6) is 17.2 Å². The smallest absolute Gasteiger partial charge is 0.231 e. The first-order valence-electron chi connectivity index (χ1n) is 10.1. The fourth-order valence-corrected chi connectivity index (χ4v) is 3.98. The molecule has 1 fully saturated rings. The highest BCUT2D eigenvalue weighted by Crippen LogP contribution is 2.35. The van der Waals surface area contributed by atoms with E-state index >= 15 is 0 Å². The van der Waals surface area contributed by atoms with Gasteiger partial charge in [-0.3, -0.25) is 9.59 Å². The van der Waals surface area contributed by atoms with Gasteiger partial charge in [-0.05, 0) is 49.2 Å². The molecule has 0 aliphatic carbocycles. The van der Waals surface area contributed by atoms with Gasteiger partial charge in [-0.25, -0.2) is 0 Å². The van der Waals surface area contributed by atoms with Crippen LogP contribution in [0.15, 0.2) is 36.4 Å². The van der Waals surface area contributed by atoms with Gasteiger partial charge in [-0.1, -0.05) is 12.1 Å². The lowest BCUT2D eigenvalue weighted by Gasteiger charge is -2.25. The van der Waals surface area contributed by atoms with Gasteiger partial charge in [-0.15, -0.1) is 0 Å². The Morgan fingerprint density at radius 3 is 2.77 bits per heavy atom. The van der Waals surface area contributed by atoms with E-state index in [0.29, 0.717) is 31.1 Å². The van der Waals surface area contributed by atoms with E-state index < -0.39 is 0 Å². The van der Waals surface area contributed by atoms with Crippen LogP contribution in [-0.2, 0) is 16.1 Å². The summed E-state index contributed by atoms with van der Waals surface area (Å²) in [6.45, 7) is 5.52. The molecule has 158 valence electrons. The SMILES string of the molecule is CCN(Cc1ccc2c(c1)OCO2)C(=O)C1CC(=O)N(c2cc(C)ccc2OC)C1. The molecule has 4 rings (SSSR count). The van der Waals surface area contributed by atoms with E-state index in [0.717, 1.165) is 22.6 Å². The van der Waals surface area contributed by atoms with Crippen molar-refractivity contribution >= 4 is 17.5 Å². The number of methoxy groups -OCH3 is 1. The van der Waals surface area contributed by atoms with Crippen molar-refractivity contribution in [2.75, 3.05) is 31.9 Å². The van der Waals surface area contributed by atoms with Gasteiger partial charge >= 0.3 is 0 Å². The van der Waals surface area contributed by atoms with E-state index in [4.69, 9.17) is 14.2 Å². The van der Waals surface area contributed by atoms with Crippen LogP contribution in [0.25, 0.3) is 0 Å². The lowest BCUT2D eigenvalue weighted by Crippen LogP contribution is -2.37. The van der Waals surface area contributed by atoms with Gasteiger partial charge in [0.05, 0.1) is 18.7 Å². The number of amides is 2. The van der Waals surface area contributed by atoms with Gasteiger partial charge < -0.3 is 24.0 Å². The largest absolute Gasteiger partial charge is 0.495 e. The van der Waals surface area contributed by atoms with Crippen molar-refractivity contribution in [3.05, 3.63) is 47.5 Å². The molecule has 1 unspecified atom stereocenters. The average molecular weight is 410 g/mol. The molecule has 1 atom stereocenters. The van der Waals surface area contributed by atoms with Crippen LogP contribution in [0.2, 0.25) is 0 Å². The zero-order chi connectivity index (χ0) is 21.3. The molecule has 7 nitrogen and oxygen atoms in total. The van der Waals surface area contributed by atoms with Gasteiger partial charge in [0.25, 0.3) is 0 Å². The van der Waals surface area contributed by atoms with Crippen LogP contribution >= 0.6 is 0 Å². The summed E-state index contributed by atoms with van der Waals surface area (Å²) < 4.78 is 16.2. The number of ether oxygens (including phenoxy) is 3. The number of nitrogens with zero attached hydrogens (tertiary/aromatic N) is 2. The Balaban J connectivity index is 1.49. The Morgan fingerprint density at radius 2 is 2.00 bits per heavy atom. The summed E-state index contributed by atoms with van der Waals surface area (Å²) in [5.41, 5.74) is 2.72. The molecule has 2 heterocycles. The van der Waals surface area contributed by atoms with Gasteiger partial charge in [0.15, 0.2) is 11.5 Å². The second-order valence-corrected chi connectivity index (χ2v) is 7.62. The predicted molar refractivity (Wildman–Crippen MR) is 112 cm³/mol. The third-order valence-corrected chi connectivity index (χ3v) is 5.60. The first-order chi connectivity index (χ1) is 14.5. The minimum Gasteiger partial charge on any atom is -0.495 e. The lowest BCUT2D eigenvalue weighted by molar-refractivity contribution is -0.136. The first kappa shape index (κ1) is 20.1. The van der Waals surface area contributed by atoms with E-state index in [9.17, 15) is 9.59 Å². The Hall–Kier alpha value is -3.22. The van der Waals surface area contributed by atoms with E-state index in [1.54, 1.807) is 16.9 Å². The van der Waals surface area contributed by atoms with Crippen molar-refractivity contribution in [3.8, 4) is 17.2 Å². The molecule has 0 radical (unpaired) electrons. The van der Waals surface area contributed by atoms with Crippen LogP contribution < -0.4 is 19.1 Å². The number of benzene rings is 2. The van der Waals surface area contributed by atoms with E-state index in [2.05, 4.69) is 0 Å². The van der Waals surface area contributed by atoms with E-state index in [-0.39, 0.29) is 30.9 Å². The molecule has 2 aliphatic rings. The molecule has 30 heavy (non-hydrogen) atoms. The summed E-state index contributed by atoms with van der Waals surface area (Å²) in [5.74, 6) is 1.60. The minimum absolute atomic E-state index is 0.0161. The Kier molecular flexibility index (Phi) is 5.53. The minimum atomic E-state index is -0.378. The maximum Gasteiger partial charge on any atom is 0.231 e. The molecule has 0 spiro atoms. The van der Waals surface area contributed by atoms with Crippen molar-refractivity contribution in [2.45, 2.75) is 26.8 Å². The molecule has 2 aromatic carbocycles. The zero-order valence-electron chi connectivity index (χ0n) is 17.5. The van der Waals surface area contributed by atoms with Crippen molar-refractivity contribution in [1.29, 1.82) is 0 Å². The van der Waals surface area contributed by atoms with Crippen LogP contribution in [0.1, 0.15) is 24.5 Å². The van der Waals surface area contributed by atoms with Crippen molar-refractivity contribution < 1.29 is 23.8 Å². The molecule has 2 aromatic rings. The first-order valence-corrected chi connectivity index (χ1v) is 10.1. The Morgan fingerprint density at radius 1 is 1.20 bits per heavy atom. The van der Waals surface area contributed by atoms with Gasteiger partial charge in [0.1, 0.15) is 5.75 Å². The molecule has 7 heteroatoms. The number of rotatable bonds is 6. The predicted octanol–water partition coefficient (Wildman–Crippen LogP) is 3.13. The number of anilines is 1. The highest BCUT2D eigenvalue weighted by molar-refractivity contribution is 6.01. The average Bonchev–Trinajstić information content (AvgIpc) is 3.37. The van der Waals surface area contributed by atoms with Gasteiger partial charge in [-0.2, -0.15) is 0 Å². The number of carbonyl (C=O) groups excluding carboxylic acids is 2. The van der Waals surface area contributed by atoms with Gasteiger partial charge in [0.2, 0.25) is 18.6 Å². The second kappa shape index (κ2) is 8.26. The van der Waals surface area contributed by atoms with Gasteiger partial charge in [0, 0.05) is 26.1 Å². The highest BCUT2D eigenvalue weighted by atomic mass is 16.7. The number of aryl methyl sites for hydroxylation is 1. The summed E-state index contributed by atoms with van der Waals surface area (Å²) in [4.78, 5) is 29.4. The Labute approximate surface area is 176 Å². The van der Waals surface area contributed by atoms with E-state index in [1.165, 1.54) is 0 Å². The van der Waals surface area contributed by atoms with Crippen molar-refractivity contribution in [1.82, 2.24) is 4.90 Å². The molecular weight excluding hydrogens is 384 g/mol. The molecule has 0 saturated carbocycles. The van der Waals surface area contributed by atoms with Crippen LogP contribution in [-0.4, -0.2) is 43.7 Å². The number of hydrogen-bond acceptors (Lipinski definition) is 5. The third-order valence-electron chi connectivity index (χ3n) is 5.60. The molecule has 2 aliphatic heterocycles. The molecular formula is C23H26N2O5. The standard InChI is InChI=1S/C23H26N2O5/c1-4-24(12-16-6-8-20-21(10-16)30-14-29-20)23(27)17-11-22(26)25(13-17)18-9-15(2)5-7-19(18)28-3/h5-10,17H,4,11-14H2,1-3H3. The fraction of sp³-hybridized carbons (Fsp3) is 0.391. The quantitative estimate of drug-likeness (QED) is 0.732. The van der Waals surface area contributed by atoms with Crippen LogP contribution in [0, 0.1) is 12.8 Å². The van der Waals surface area contributed by atoms with Crippen LogP contribution in [0.3, 0.4) is 0 Å². The van der Waals surface area contributed by atoms with E-state index in [1.807, 2.05) is 50.2 Å². The summed E-state index contributed by atoms with van der Waals surface area (Å²) in [6.07, 6.45) is 0.202. The number of hydrogen-bond donors (Lipinski definition) is 0. The number of fused-ring (bicyclic) bond motifs is 1. The normalized spacial score (nSPS) is 17.4.